The van der Waals surface area contributed by atoms with E-state index >= 15 is 0 Å². The van der Waals surface area contributed by atoms with E-state index in [0.29, 0.717) is 24.8 Å². The van der Waals surface area contributed by atoms with Gasteiger partial charge in [0.1, 0.15) is 11.9 Å². The molecule has 4 heteroatoms. The highest BCUT2D eigenvalue weighted by Gasteiger charge is 2.36. The highest BCUT2D eigenvalue weighted by Crippen LogP contribution is 2.35. The summed E-state index contributed by atoms with van der Waals surface area (Å²) in [7, 11) is 0. The minimum atomic E-state index is -0.227. The molecule has 1 saturated carbocycles. The zero-order valence-corrected chi connectivity index (χ0v) is 10.1. The maximum atomic E-state index is 12.1. The molecule has 0 saturated heterocycles. The molecule has 1 fully saturated rings. The fourth-order valence-electron chi connectivity index (χ4n) is 1.98. The Kier molecular flexibility index (Phi) is 3.74. The van der Waals surface area contributed by atoms with Crippen molar-refractivity contribution >= 4 is 11.6 Å². The van der Waals surface area contributed by atoms with Gasteiger partial charge in [-0.1, -0.05) is 0 Å². The second-order valence-electron chi connectivity index (χ2n) is 4.45. The maximum absolute atomic E-state index is 12.1. The third-order valence-corrected chi connectivity index (χ3v) is 2.94. The first-order chi connectivity index (χ1) is 8.20. The molecule has 92 valence electrons. The van der Waals surface area contributed by atoms with Crippen molar-refractivity contribution in [1.29, 1.82) is 0 Å². The van der Waals surface area contributed by atoms with E-state index in [2.05, 4.69) is 4.98 Å². The summed E-state index contributed by atoms with van der Waals surface area (Å²) in [6.45, 7) is 2.51. The number of ketones is 1. The molecular weight excluding hydrogens is 216 g/mol. The van der Waals surface area contributed by atoms with Crippen molar-refractivity contribution in [2.75, 3.05) is 12.3 Å². The molecule has 1 heterocycles. The molecule has 2 N–H and O–H groups in total. The van der Waals surface area contributed by atoms with Crippen LogP contribution in [0.15, 0.2) is 18.3 Å². The third-order valence-electron chi connectivity index (χ3n) is 2.94. The molecule has 2 rings (SSSR count). The van der Waals surface area contributed by atoms with Crippen molar-refractivity contribution in [2.24, 2.45) is 5.92 Å². The Morgan fingerprint density at radius 3 is 3.00 bits per heavy atom. The summed E-state index contributed by atoms with van der Waals surface area (Å²) in [4.78, 5) is 16.0. The normalized spacial score (nSPS) is 16.8. The SMILES string of the molecule is CCOC(C(=O)Cc1ccnc(N)c1)C1CC1. The van der Waals surface area contributed by atoms with E-state index in [1.807, 2.05) is 13.0 Å². The van der Waals surface area contributed by atoms with E-state index in [9.17, 15) is 4.79 Å². The van der Waals surface area contributed by atoms with Crippen LogP contribution >= 0.6 is 0 Å². The summed E-state index contributed by atoms with van der Waals surface area (Å²) in [5.41, 5.74) is 6.50. The average Bonchev–Trinajstić information content (AvgIpc) is 3.09. The standard InChI is InChI=1S/C13H18N2O2/c1-2-17-13(10-3-4-10)11(16)7-9-5-6-15-12(14)8-9/h5-6,8,10,13H,2-4,7H2,1H3,(H2,14,15). The Hall–Kier alpha value is -1.42. The topological polar surface area (TPSA) is 65.2 Å². The number of Topliss-reactive ketones (excluding diaryl/α,β-unsaturated/α-hetero) is 1. The average molecular weight is 234 g/mol. The number of aromatic nitrogens is 1. The lowest BCUT2D eigenvalue weighted by Gasteiger charge is -2.15. The fourth-order valence-corrected chi connectivity index (χ4v) is 1.98. The largest absolute Gasteiger partial charge is 0.384 e. The molecule has 0 aliphatic heterocycles. The van der Waals surface area contributed by atoms with Gasteiger partial charge in [0.15, 0.2) is 5.78 Å². The lowest BCUT2D eigenvalue weighted by Crippen LogP contribution is -2.28. The van der Waals surface area contributed by atoms with E-state index in [-0.39, 0.29) is 11.9 Å². The molecule has 1 aliphatic carbocycles. The predicted molar refractivity (Wildman–Crippen MR) is 65.5 cm³/mol. The number of carbonyl (C=O) groups is 1. The van der Waals surface area contributed by atoms with E-state index < -0.39 is 0 Å². The van der Waals surface area contributed by atoms with Gasteiger partial charge in [0.05, 0.1) is 0 Å². The monoisotopic (exact) mass is 234 g/mol. The van der Waals surface area contributed by atoms with Crippen LogP contribution in [0.2, 0.25) is 0 Å². The molecule has 4 nitrogen and oxygen atoms in total. The fraction of sp³-hybridized carbons (Fsp3) is 0.538. The van der Waals surface area contributed by atoms with Crippen molar-refractivity contribution in [2.45, 2.75) is 32.3 Å². The highest BCUT2D eigenvalue weighted by molar-refractivity contribution is 5.86. The number of ether oxygens (including phenoxy) is 1. The number of nitrogen functional groups attached to an aromatic ring is 1. The quantitative estimate of drug-likeness (QED) is 0.811. The van der Waals surface area contributed by atoms with Gasteiger partial charge in [-0.15, -0.1) is 0 Å². The molecule has 0 bridgehead atoms. The molecule has 1 atom stereocenters. The van der Waals surface area contributed by atoms with Gasteiger partial charge in [-0.25, -0.2) is 4.98 Å². The first-order valence-corrected chi connectivity index (χ1v) is 6.05. The van der Waals surface area contributed by atoms with Gasteiger partial charge in [-0.3, -0.25) is 4.79 Å². The first-order valence-electron chi connectivity index (χ1n) is 6.05. The van der Waals surface area contributed by atoms with Crippen LogP contribution in [-0.2, 0) is 16.0 Å². The van der Waals surface area contributed by atoms with Gasteiger partial charge in [0.25, 0.3) is 0 Å². The molecular formula is C13H18N2O2. The van der Waals surface area contributed by atoms with Crippen molar-refractivity contribution in [3.63, 3.8) is 0 Å². The Balaban J connectivity index is 1.99. The van der Waals surface area contributed by atoms with Crippen LogP contribution < -0.4 is 5.73 Å². The summed E-state index contributed by atoms with van der Waals surface area (Å²) in [5.74, 6) is 1.04. The Morgan fingerprint density at radius 2 is 2.41 bits per heavy atom. The van der Waals surface area contributed by atoms with E-state index in [1.165, 1.54) is 0 Å². The van der Waals surface area contributed by atoms with E-state index in [0.717, 1.165) is 18.4 Å². The zero-order valence-electron chi connectivity index (χ0n) is 10.1. The van der Waals surface area contributed by atoms with Crippen molar-refractivity contribution in [1.82, 2.24) is 4.98 Å². The number of pyridine rings is 1. The van der Waals surface area contributed by atoms with E-state index in [4.69, 9.17) is 10.5 Å². The smallest absolute Gasteiger partial charge is 0.166 e. The predicted octanol–water partition coefficient (Wildman–Crippen LogP) is 1.59. The number of rotatable bonds is 6. The molecule has 1 aromatic rings. The van der Waals surface area contributed by atoms with Gasteiger partial charge in [0, 0.05) is 19.2 Å². The van der Waals surface area contributed by atoms with Gasteiger partial charge < -0.3 is 10.5 Å². The lowest BCUT2D eigenvalue weighted by atomic mass is 10.0. The van der Waals surface area contributed by atoms with Crippen molar-refractivity contribution in [3.05, 3.63) is 23.9 Å². The van der Waals surface area contributed by atoms with Crippen LogP contribution in [0.25, 0.3) is 0 Å². The zero-order chi connectivity index (χ0) is 12.3. The second-order valence-corrected chi connectivity index (χ2v) is 4.45. The van der Waals surface area contributed by atoms with Gasteiger partial charge in [0.2, 0.25) is 0 Å². The summed E-state index contributed by atoms with van der Waals surface area (Å²) in [5, 5.41) is 0. The number of carbonyl (C=O) groups excluding carboxylic acids is 1. The highest BCUT2D eigenvalue weighted by atomic mass is 16.5. The minimum Gasteiger partial charge on any atom is -0.384 e. The van der Waals surface area contributed by atoms with Crippen LogP contribution in [0.1, 0.15) is 25.3 Å². The van der Waals surface area contributed by atoms with Crippen LogP contribution in [0.3, 0.4) is 0 Å². The summed E-state index contributed by atoms with van der Waals surface area (Å²) in [6, 6.07) is 3.57. The van der Waals surface area contributed by atoms with Crippen molar-refractivity contribution < 1.29 is 9.53 Å². The lowest BCUT2D eigenvalue weighted by molar-refractivity contribution is -0.130. The number of hydrogen-bond donors (Lipinski definition) is 1. The summed E-state index contributed by atoms with van der Waals surface area (Å²) < 4.78 is 5.53. The number of hydrogen-bond acceptors (Lipinski definition) is 4. The van der Waals surface area contributed by atoms with Crippen LogP contribution in [-0.4, -0.2) is 23.5 Å². The van der Waals surface area contributed by atoms with Gasteiger partial charge in [-0.05, 0) is 43.4 Å². The van der Waals surface area contributed by atoms with Crippen LogP contribution in [0, 0.1) is 5.92 Å². The Morgan fingerprint density at radius 1 is 1.65 bits per heavy atom. The molecule has 0 spiro atoms. The Bertz CT molecular complexity index is 402. The van der Waals surface area contributed by atoms with Crippen molar-refractivity contribution in [3.8, 4) is 0 Å². The van der Waals surface area contributed by atoms with Crippen LogP contribution in [0.5, 0.6) is 0 Å². The van der Waals surface area contributed by atoms with Gasteiger partial charge >= 0.3 is 0 Å². The van der Waals surface area contributed by atoms with Crippen LogP contribution in [0.4, 0.5) is 5.82 Å². The van der Waals surface area contributed by atoms with Gasteiger partial charge in [-0.2, -0.15) is 0 Å². The maximum Gasteiger partial charge on any atom is 0.166 e. The number of nitrogens with zero attached hydrogens (tertiary/aromatic N) is 1. The summed E-state index contributed by atoms with van der Waals surface area (Å²) >= 11 is 0. The second kappa shape index (κ2) is 5.27. The Labute approximate surface area is 101 Å². The minimum absolute atomic E-state index is 0.153. The third kappa shape index (κ3) is 3.27. The molecule has 0 aromatic carbocycles. The van der Waals surface area contributed by atoms with E-state index in [1.54, 1.807) is 12.3 Å². The number of nitrogens with two attached hydrogens (primary N) is 1. The molecule has 1 aromatic heterocycles. The first kappa shape index (κ1) is 12.0. The number of anilines is 1. The molecule has 17 heavy (non-hydrogen) atoms. The molecule has 0 radical (unpaired) electrons. The molecule has 0 amide bonds. The summed E-state index contributed by atoms with van der Waals surface area (Å²) in [6.07, 6.45) is 4.00. The molecule has 1 unspecified atom stereocenters. The molecule has 1 aliphatic rings.